The summed E-state index contributed by atoms with van der Waals surface area (Å²) in [5.74, 6) is 1.89. The summed E-state index contributed by atoms with van der Waals surface area (Å²) in [6.45, 7) is 3.28. The minimum atomic E-state index is 0.579. The van der Waals surface area contributed by atoms with Crippen LogP contribution in [0.15, 0.2) is 35.2 Å². The standard InChI is InChI=1S/C13H20ClNS/c1-12(6-5-9-14)15-10-11-16-13-7-3-2-4-8-13/h2-4,7-8,12,15H,5-6,9-11H2,1H3. The number of thioether (sulfide) groups is 1. The second-order valence-electron chi connectivity index (χ2n) is 3.85. The molecule has 1 rings (SSSR count). The van der Waals surface area contributed by atoms with E-state index in [2.05, 4.69) is 42.6 Å². The van der Waals surface area contributed by atoms with Crippen LogP contribution in [0.3, 0.4) is 0 Å². The minimum Gasteiger partial charge on any atom is -0.313 e. The van der Waals surface area contributed by atoms with Crippen molar-refractivity contribution in [2.75, 3.05) is 18.2 Å². The first-order valence-corrected chi connectivity index (χ1v) is 7.32. The van der Waals surface area contributed by atoms with Crippen molar-refractivity contribution < 1.29 is 0 Å². The Morgan fingerprint density at radius 1 is 1.31 bits per heavy atom. The predicted molar refractivity (Wildman–Crippen MR) is 74.6 cm³/mol. The molecule has 1 aromatic carbocycles. The molecule has 0 radical (unpaired) electrons. The Morgan fingerprint density at radius 2 is 2.06 bits per heavy atom. The number of hydrogen-bond donors (Lipinski definition) is 1. The van der Waals surface area contributed by atoms with E-state index >= 15 is 0 Å². The number of rotatable bonds is 8. The van der Waals surface area contributed by atoms with Crippen LogP contribution in [0.1, 0.15) is 19.8 Å². The first kappa shape index (κ1) is 13.9. The van der Waals surface area contributed by atoms with Crippen LogP contribution in [-0.4, -0.2) is 24.2 Å². The topological polar surface area (TPSA) is 12.0 Å². The van der Waals surface area contributed by atoms with E-state index in [9.17, 15) is 0 Å². The van der Waals surface area contributed by atoms with Gasteiger partial charge in [-0.3, -0.25) is 0 Å². The SMILES string of the molecule is CC(CCCCl)NCCSc1ccccc1. The van der Waals surface area contributed by atoms with Gasteiger partial charge in [-0.25, -0.2) is 0 Å². The summed E-state index contributed by atoms with van der Waals surface area (Å²) in [6.07, 6.45) is 2.26. The summed E-state index contributed by atoms with van der Waals surface area (Å²) in [5.41, 5.74) is 0. The molecule has 0 aromatic heterocycles. The molecule has 1 N–H and O–H groups in total. The van der Waals surface area contributed by atoms with Gasteiger partial charge in [0.15, 0.2) is 0 Å². The van der Waals surface area contributed by atoms with Crippen LogP contribution in [0.2, 0.25) is 0 Å². The van der Waals surface area contributed by atoms with Gasteiger partial charge in [0.2, 0.25) is 0 Å². The van der Waals surface area contributed by atoms with E-state index in [1.807, 2.05) is 11.8 Å². The van der Waals surface area contributed by atoms with Crippen molar-refractivity contribution in [3.63, 3.8) is 0 Å². The summed E-state index contributed by atoms with van der Waals surface area (Å²) in [7, 11) is 0. The monoisotopic (exact) mass is 257 g/mol. The molecule has 0 aliphatic carbocycles. The lowest BCUT2D eigenvalue weighted by Crippen LogP contribution is -2.28. The van der Waals surface area contributed by atoms with Gasteiger partial charge in [0, 0.05) is 29.1 Å². The molecule has 0 amide bonds. The fourth-order valence-electron chi connectivity index (χ4n) is 1.48. The molecule has 0 saturated heterocycles. The summed E-state index contributed by atoms with van der Waals surface area (Å²) in [4.78, 5) is 1.35. The van der Waals surface area contributed by atoms with Crippen molar-refractivity contribution in [2.24, 2.45) is 0 Å². The Bertz CT molecular complexity index is 266. The van der Waals surface area contributed by atoms with Gasteiger partial charge in [0.25, 0.3) is 0 Å². The lowest BCUT2D eigenvalue weighted by molar-refractivity contribution is 0.527. The molecule has 90 valence electrons. The normalized spacial score (nSPS) is 12.6. The molecule has 0 heterocycles. The largest absolute Gasteiger partial charge is 0.313 e. The van der Waals surface area contributed by atoms with Crippen molar-refractivity contribution in [1.29, 1.82) is 0 Å². The number of hydrogen-bond acceptors (Lipinski definition) is 2. The molecule has 1 nitrogen and oxygen atoms in total. The third-order valence-corrected chi connectivity index (χ3v) is 3.66. The van der Waals surface area contributed by atoms with E-state index in [0.717, 1.165) is 24.6 Å². The molecular formula is C13H20ClNS. The molecule has 1 atom stereocenters. The lowest BCUT2D eigenvalue weighted by Gasteiger charge is -2.12. The lowest BCUT2D eigenvalue weighted by atomic mass is 10.2. The number of alkyl halides is 1. The molecule has 3 heteroatoms. The van der Waals surface area contributed by atoms with Gasteiger partial charge in [-0.2, -0.15) is 0 Å². The zero-order chi connectivity index (χ0) is 11.6. The van der Waals surface area contributed by atoms with Crippen LogP contribution in [0.4, 0.5) is 0 Å². The quantitative estimate of drug-likeness (QED) is 0.432. The van der Waals surface area contributed by atoms with Crippen molar-refractivity contribution in [3.8, 4) is 0 Å². The molecule has 0 spiro atoms. The fourth-order valence-corrected chi connectivity index (χ4v) is 2.44. The second-order valence-corrected chi connectivity index (χ2v) is 5.39. The highest BCUT2D eigenvalue weighted by molar-refractivity contribution is 7.99. The van der Waals surface area contributed by atoms with E-state index in [-0.39, 0.29) is 0 Å². The molecule has 0 saturated carbocycles. The Morgan fingerprint density at radius 3 is 2.75 bits per heavy atom. The van der Waals surface area contributed by atoms with E-state index in [4.69, 9.17) is 11.6 Å². The number of nitrogens with one attached hydrogen (secondary N) is 1. The van der Waals surface area contributed by atoms with Crippen LogP contribution in [-0.2, 0) is 0 Å². The Balaban J connectivity index is 2.03. The number of halogens is 1. The zero-order valence-corrected chi connectivity index (χ0v) is 11.4. The fraction of sp³-hybridized carbons (Fsp3) is 0.538. The van der Waals surface area contributed by atoms with Gasteiger partial charge in [-0.1, -0.05) is 18.2 Å². The van der Waals surface area contributed by atoms with Crippen LogP contribution in [0.25, 0.3) is 0 Å². The second kappa shape index (κ2) is 8.91. The van der Waals surface area contributed by atoms with E-state index in [1.165, 1.54) is 11.3 Å². The molecular weight excluding hydrogens is 238 g/mol. The van der Waals surface area contributed by atoms with E-state index in [0.29, 0.717) is 6.04 Å². The maximum absolute atomic E-state index is 5.66. The molecule has 0 aliphatic heterocycles. The highest BCUT2D eigenvalue weighted by Crippen LogP contribution is 2.15. The van der Waals surface area contributed by atoms with Gasteiger partial charge >= 0.3 is 0 Å². The maximum Gasteiger partial charge on any atom is 0.0224 e. The molecule has 16 heavy (non-hydrogen) atoms. The van der Waals surface area contributed by atoms with Crippen molar-refractivity contribution >= 4 is 23.4 Å². The maximum atomic E-state index is 5.66. The van der Waals surface area contributed by atoms with Crippen LogP contribution < -0.4 is 5.32 Å². The summed E-state index contributed by atoms with van der Waals surface area (Å²) < 4.78 is 0. The first-order chi connectivity index (χ1) is 7.83. The minimum absolute atomic E-state index is 0.579. The smallest absolute Gasteiger partial charge is 0.0224 e. The van der Waals surface area contributed by atoms with Crippen molar-refractivity contribution in [2.45, 2.75) is 30.7 Å². The zero-order valence-electron chi connectivity index (χ0n) is 9.79. The molecule has 1 unspecified atom stereocenters. The average molecular weight is 258 g/mol. The van der Waals surface area contributed by atoms with Gasteiger partial charge in [0.1, 0.15) is 0 Å². The molecule has 0 bridgehead atoms. The number of benzene rings is 1. The predicted octanol–water partition coefficient (Wildman–Crippen LogP) is 3.78. The third-order valence-electron chi connectivity index (χ3n) is 2.38. The molecule has 0 fully saturated rings. The Kier molecular flexibility index (Phi) is 7.73. The van der Waals surface area contributed by atoms with Crippen molar-refractivity contribution in [1.82, 2.24) is 5.32 Å². The van der Waals surface area contributed by atoms with Gasteiger partial charge in [0.05, 0.1) is 0 Å². The Labute approximate surface area is 108 Å². The summed E-state index contributed by atoms with van der Waals surface area (Å²) in [5, 5.41) is 3.51. The Hall–Kier alpha value is -0.180. The van der Waals surface area contributed by atoms with Gasteiger partial charge < -0.3 is 5.32 Å². The van der Waals surface area contributed by atoms with E-state index in [1.54, 1.807) is 0 Å². The van der Waals surface area contributed by atoms with Crippen molar-refractivity contribution in [3.05, 3.63) is 30.3 Å². The van der Waals surface area contributed by atoms with Crippen LogP contribution in [0, 0.1) is 0 Å². The summed E-state index contributed by atoms with van der Waals surface area (Å²) in [6, 6.07) is 11.1. The van der Waals surface area contributed by atoms with Gasteiger partial charge in [-0.15, -0.1) is 23.4 Å². The first-order valence-electron chi connectivity index (χ1n) is 5.80. The summed E-state index contributed by atoms with van der Waals surface area (Å²) >= 11 is 7.55. The average Bonchev–Trinajstić information content (AvgIpc) is 2.33. The highest BCUT2D eigenvalue weighted by atomic mass is 35.5. The van der Waals surface area contributed by atoms with Gasteiger partial charge in [-0.05, 0) is 31.9 Å². The highest BCUT2D eigenvalue weighted by Gasteiger charge is 2.00. The molecule has 1 aromatic rings. The third kappa shape index (κ3) is 6.41. The van der Waals surface area contributed by atoms with E-state index < -0.39 is 0 Å². The molecule has 0 aliphatic rings. The van der Waals surface area contributed by atoms with Crippen LogP contribution in [0.5, 0.6) is 0 Å². The van der Waals surface area contributed by atoms with Crippen LogP contribution >= 0.6 is 23.4 Å².